The normalized spacial score (nSPS) is 11.0. The average molecular weight is 386 g/mol. The molecule has 1 aromatic heterocycles. The van der Waals surface area contributed by atoms with Gasteiger partial charge in [0.2, 0.25) is 4.77 Å². The zero-order chi connectivity index (χ0) is 19.3. The molecule has 3 aromatic carbocycles. The van der Waals surface area contributed by atoms with Gasteiger partial charge in [-0.1, -0.05) is 66.7 Å². The summed E-state index contributed by atoms with van der Waals surface area (Å²) >= 11 is 5.33. The van der Waals surface area contributed by atoms with E-state index in [0.717, 1.165) is 22.4 Å². The predicted molar refractivity (Wildman–Crippen MR) is 114 cm³/mol. The molecule has 0 bridgehead atoms. The lowest BCUT2D eigenvalue weighted by Gasteiger charge is -2.04. The second kappa shape index (κ2) is 8.02. The molecule has 0 unspecified atom stereocenters. The van der Waals surface area contributed by atoms with Crippen LogP contribution < -0.4 is 4.74 Å². The summed E-state index contributed by atoms with van der Waals surface area (Å²) in [5.41, 5.74) is 4.18. The maximum atomic E-state index is 5.33. The van der Waals surface area contributed by atoms with Crippen LogP contribution in [0.2, 0.25) is 0 Å². The zero-order valence-electron chi connectivity index (χ0n) is 15.2. The molecular weight excluding hydrogens is 368 g/mol. The highest BCUT2D eigenvalue weighted by atomic mass is 32.1. The summed E-state index contributed by atoms with van der Waals surface area (Å²) in [7, 11) is 1.63. The summed E-state index contributed by atoms with van der Waals surface area (Å²) in [6, 6.07) is 26.1. The van der Waals surface area contributed by atoms with Crippen molar-refractivity contribution in [3.05, 3.63) is 89.2 Å². The zero-order valence-corrected chi connectivity index (χ0v) is 16.1. The van der Waals surface area contributed by atoms with E-state index in [4.69, 9.17) is 17.0 Å². The Labute approximate surface area is 167 Å². The molecule has 0 saturated heterocycles. The molecule has 4 aromatic rings. The molecule has 5 nitrogen and oxygen atoms in total. The molecule has 0 saturated carbocycles. The van der Waals surface area contributed by atoms with E-state index in [9.17, 15) is 0 Å². The minimum absolute atomic E-state index is 0.426. The fourth-order valence-corrected chi connectivity index (χ4v) is 3.04. The van der Waals surface area contributed by atoms with Gasteiger partial charge in [-0.25, -0.2) is 5.10 Å². The molecule has 0 amide bonds. The van der Waals surface area contributed by atoms with E-state index in [-0.39, 0.29) is 0 Å². The molecule has 4 rings (SSSR count). The molecule has 28 heavy (non-hydrogen) atoms. The first-order chi connectivity index (χ1) is 13.7. The van der Waals surface area contributed by atoms with Gasteiger partial charge >= 0.3 is 0 Å². The van der Waals surface area contributed by atoms with Crippen LogP contribution in [-0.4, -0.2) is 28.2 Å². The number of ether oxygens (including phenoxy) is 1. The molecule has 0 spiro atoms. The number of H-pyrrole nitrogens is 1. The van der Waals surface area contributed by atoms with Gasteiger partial charge in [-0.3, -0.25) is 0 Å². The van der Waals surface area contributed by atoms with Crippen LogP contribution in [0.25, 0.3) is 22.5 Å². The van der Waals surface area contributed by atoms with Crippen molar-refractivity contribution >= 4 is 18.4 Å². The molecule has 0 aliphatic rings. The van der Waals surface area contributed by atoms with E-state index in [1.54, 1.807) is 18.0 Å². The first kappa shape index (κ1) is 17.9. The summed E-state index contributed by atoms with van der Waals surface area (Å²) in [5.74, 6) is 1.37. The van der Waals surface area contributed by atoms with Crippen LogP contribution in [0.15, 0.2) is 84.0 Å². The van der Waals surface area contributed by atoms with Crippen LogP contribution in [-0.2, 0) is 0 Å². The van der Waals surface area contributed by atoms with Crippen molar-refractivity contribution in [2.24, 2.45) is 5.10 Å². The molecule has 0 radical (unpaired) electrons. The van der Waals surface area contributed by atoms with Gasteiger partial charge in [0.05, 0.1) is 13.3 Å². The number of nitrogens with zero attached hydrogens (tertiary/aromatic N) is 3. The van der Waals surface area contributed by atoms with Crippen molar-refractivity contribution in [2.75, 3.05) is 7.11 Å². The van der Waals surface area contributed by atoms with Gasteiger partial charge < -0.3 is 4.74 Å². The maximum Gasteiger partial charge on any atom is 0.216 e. The first-order valence-electron chi connectivity index (χ1n) is 8.76. The number of hydrogen-bond donors (Lipinski definition) is 1. The van der Waals surface area contributed by atoms with Crippen LogP contribution in [0.3, 0.4) is 0 Å². The Kier molecular flexibility index (Phi) is 5.12. The van der Waals surface area contributed by atoms with Gasteiger partial charge in [-0.05, 0) is 41.0 Å². The van der Waals surface area contributed by atoms with Crippen LogP contribution in [0.4, 0.5) is 0 Å². The summed E-state index contributed by atoms with van der Waals surface area (Å²) in [6.45, 7) is 0. The molecule has 1 heterocycles. The number of rotatable bonds is 5. The molecule has 0 atom stereocenters. The lowest BCUT2D eigenvalue weighted by atomic mass is 10.0. The van der Waals surface area contributed by atoms with Crippen molar-refractivity contribution in [3.8, 4) is 28.3 Å². The number of methoxy groups -OCH3 is 1. The molecule has 138 valence electrons. The van der Waals surface area contributed by atoms with Crippen LogP contribution in [0.1, 0.15) is 5.56 Å². The van der Waals surface area contributed by atoms with E-state index in [1.807, 2.05) is 54.6 Å². The monoisotopic (exact) mass is 386 g/mol. The Morgan fingerprint density at radius 1 is 0.929 bits per heavy atom. The average Bonchev–Trinajstić information content (AvgIpc) is 3.13. The quantitative estimate of drug-likeness (QED) is 0.380. The number of aromatic amines is 1. The second-order valence-electron chi connectivity index (χ2n) is 6.13. The first-order valence-corrected chi connectivity index (χ1v) is 9.17. The van der Waals surface area contributed by atoms with Crippen LogP contribution in [0, 0.1) is 4.77 Å². The minimum atomic E-state index is 0.426. The van der Waals surface area contributed by atoms with Gasteiger partial charge in [-0.15, -0.1) is 0 Å². The fraction of sp³-hybridized carbons (Fsp3) is 0.0455. The van der Waals surface area contributed by atoms with Crippen LogP contribution >= 0.6 is 12.2 Å². The summed E-state index contributed by atoms with van der Waals surface area (Å²) in [4.78, 5) is 0. The van der Waals surface area contributed by atoms with E-state index < -0.39 is 0 Å². The number of benzene rings is 3. The Balaban J connectivity index is 1.62. The van der Waals surface area contributed by atoms with E-state index in [0.29, 0.717) is 10.6 Å². The van der Waals surface area contributed by atoms with Gasteiger partial charge in [0, 0.05) is 5.56 Å². The smallest absolute Gasteiger partial charge is 0.216 e. The molecular formula is C22H18N4OS. The number of aromatic nitrogens is 3. The molecule has 0 aliphatic heterocycles. The standard InChI is InChI=1S/C22H18N4OS/c1-27-20-9-5-8-19(14-20)21-24-25-22(28)26(21)23-15-16-10-12-18(13-11-16)17-6-3-2-4-7-17/h2-15H,1H3,(H,25,28)/b23-15+. The van der Waals surface area contributed by atoms with Crippen LogP contribution in [0.5, 0.6) is 5.75 Å². The van der Waals surface area contributed by atoms with Crippen molar-refractivity contribution in [3.63, 3.8) is 0 Å². The topological polar surface area (TPSA) is 55.2 Å². The Hall–Kier alpha value is -3.51. The number of hydrogen-bond acceptors (Lipinski definition) is 4. The highest BCUT2D eigenvalue weighted by molar-refractivity contribution is 7.71. The highest BCUT2D eigenvalue weighted by Gasteiger charge is 2.09. The lowest BCUT2D eigenvalue weighted by molar-refractivity contribution is 0.415. The molecule has 0 fully saturated rings. The minimum Gasteiger partial charge on any atom is -0.497 e. The van der Waals surface area contributed by atoms with Gasteiger partial charge in [0.25, 0.3) is 0 Å². The molecule has 6 heteroatoms. The lowest BCUT2D eigenvalue weighted by Crippen LogP contribution is -1.95. The van der Waals surface area contributed by atoms with Gasteiger partial charge in [-0.2, -0.15) is 14.9 Å². The predicted octanol–water partition coefficient (Wildman–Crippen LogP) is 5.17. The Morgan fingerprint density at radius 3 is 2.39 bits per heavy atom. The molecule has 1 N–H and O–H groups in total. The summed E-state index contributed by atoms with van der Waals surface area (Å²) in [6.07, 6.45) is 1.77. The maximum absolute atomic E-state index is 5.33. The van der Waals surface area contributed by atoms with Crippen molar-refractivity contribution in [1.82, 2.24) is 14.9 Å². The van der Waals surface area contributed by atoms with Gasteiger partial charge in [0.15, 0.2) is 5.82 Å². The van der Waals surface area contributed by atoms with Crippen molar-refractivity contribution in [2.45, 2.75) is 0 Å². The Morgan fingerprint density at radius 2 is 1.64 bits per heavy atom. The second-order valence-corrected chi connectivity index (χ2v) is 6.52. The Bertz CT molecular complexity index is 1160. The largest absolute Gasteiger partial charge is 0.497 e. The van der Waals surface area contributed by atoms with E-state index >= 15 is 0 Å². The van der Waals surface area contributed by atoms with E-state index in [2.05, 4.69) is 39.6 Å². The van der Waals surface area contributed by atoms with Crippen molar-refractivity contribution in [1.29, 1.82) is 0 Å². The third-order valence-corrected chi connectivity index (χ3v) is 4.58. The number of nitrogens with one attached hydrogen (secondary N) is 1. The third kappa shape index (κ3) is 3.77. The molecule has 0 aliphatic carbocycles. The van der Waals surface area contributed by atoms with Crippen molar-refractivity contribution < 1.29 is 4.74 Å². The highest BCUT2D eigenvalue weighted by Crippen LogP contribution is 2.22. The third-order valence-electron chi connectivity index (χ3n) is 4.32. The summed E-state index contributed by atoms with van der Waals surface area (Å²) in [5, 5.41) is 11.6. The van der Waals surface area contributed by atoms with Gasteiger partial charge in [0.1, 0.15) is 5.75 Å². The fourth-order valence-electron chi connectivity index (χ4n) is 2.86. The summed E-state index contributed by atoms with van der Waals surface area (Å²) < 4.78 is 7.32. The SMILES string of the molecule is COc1cccc(-c2n[nH]c(=S)n2/N=C/c2ccc(-c3ccccc3)cc2)c1. The van der Waals surface area contributed by atoms with E-state index in [1.165, 1.54) is 5.56 Å².